The number of halogens is 1. The van der Waals surface area contributed by atoms with E-state index in [-0.39, 0.29) is 0 Å². The van der Waals surface area contributed by atoms with Crippen molar-refractivity contribution in [3.63, 3.8) is 0 Å². The summed E-state index contributed by atoms with van der Waals surface area (Å²) in [5.41, 5.74) is 4.67. The Morgan fingerprint density at radius 1 is 1.21 bits per heavy atom. The quantitative estimate of drug-likeness (QED) is 0.634. The van der Waals surface area contributed by atoms with Crippen molar-refractivity contribution < 1.29 is 0 Å². The number of fused-ring (bicyclic) bond motifs is 3. The van der Waals surface area contributed by atoms with Gasteiger partial charge in [0.2, 0.25) is 0 Å². The van der Waals surface area contributed by atoms with Crippen molar-refractivity contribution in [2.24, 2.45) is 0 Å². The standard InChI is InChI=1S/C13H13Br/c14-11-5-6-13-10(8-11)7-9-3-1-2-4-12(9)13/h5-8,12H,1-4H2/t12-/m0/s1. The monoisotopic (exact) mass is 248 g/mol. The van der Waals surface area contributed by atoms with E-state index in [1.54, 1.807) is 11.1 Å². The highest BCUT2D eigenvalue weighted by Gasteiger charge is 2.26. The van der Waals surface area contributed by atoms with Crippen LogP contribution in [-0.2, 0) is 0 Å². The summed E-state index contributed by atoms with van der Waals surface area (Å²) in [7, 11) is 0. The molecule has 1 fully saturated rings. The normalized spacial score (nSPS) is 24.1. The van der Waals surface area contributed by atoms with Crippen LogP contribution in [0, 0.1) is 0 Å². The average molecular weight is 249 g/mol. The molecule has 0 aromatic heterocycles. The van der Waals surface area contributed by atoms with Gasteiger partial charge in [0.1, 0.15) is 0 Å². The van der Waals surface area contributed by atoms with E-state index >= 15 is 0 Å². The van der Waals surface area contributed by atoms with Gasteiger partial charge in [-0.05, 0) is 42.5 Å². The first-order valence-electron chi connectivity index (χ1n) is 5.34. The Kier molecular flexibility index (Phi) is 2.01. The predicted octanol–water partition coefficient (Wildman–Crippen LogP) is 4.50. The van der Waals surface area contributed by atoms with E-state index in [1.807, 2.05) is 0 Å². The Balaban J connectivity index is 2.09. The molecule has 2 aliphatic carbocycles. The fourth-order valence-corrected chi connectivity index (χ4v) is 3.13. The lowest BCUT2D eigenvalue weighted by atomic mass is 9.83. The van der Waals surface area contributed by atoms with Crippen molar-refractivity contribution in [1.82, 2.24) is 0 Å². The fourth-order valence-electron chi connectivity index (χ4n) is 2.75. The molecule has 1 aromatic carbocycles. The summed E-state index contributed by atoms with van der Waals surface area (Å²) >= 11 is 3.53. The second-order valence-electron chi connectivity index (χ2n) is 4.29. The lowest BCUT2D eigenvalue weighted by Crippen LogP contribution is -2.04. The zero-order valence-corrected chi connectivity index (χ0v) is 9.68. The predicted molar refractivity (Wildman–Crippen MR) is 63.3 cm³/mol. The van der Waals surface area contributed by atoms with Crippen molar-refractivity contribution in [3.8, 4) is 0 Å². The maximum Gasteiger partial charge on any atom is 0.0181 e. The number of allylic oxidation sites excluding steroid dienone is 1. The molecule has 0 saturated heterocycles. The molecule has 0 amide bonds. The number of hydrogen-bond acceptors (Lipinski definition) is 0. The van der Waals surface area contributed by atoms with Crippen molar-refractivity contribution in [1.29, 1.82) is 0 Å². The maximum atomic E-state index is 3.53. The molecule has 1 atom stereocenters. The summed E-state index contributed by atoms with van der Waals surface area (Å²) in [4.78, 5) is 0. The van der Waals surface area contributed by atoms with Gasteiger partial charge in [-0.15, -0.1) is 0 Å². The van der Waals surface area contributed by atoms with Crippen LogP contribution in [0.25, 0.3) is 6.08 Å². The Bertz CT molecular complexity index is 404. The van der Waals surface area contributed by atoms with Crippen molar-refractivity contribution in [2.75, 3.05) is 0 Å². The van der Waals surface area contributed by atoms with E-state index in [9.17, 15) is 0 Å². The first kappa shape index (κ1) is 8.72. The Labute approximate surface area is 93.2 Å². The first-order valence-corrected chi connectivity index (χ1v) is 6.14. The Hall–Kier alpha value is -0.560. The largest absolute Gasteiger partial charge is 0.0621 e. The molecule has 1 heteroatoms. The smallest absolute Gasteiger partial charge is 0.0181 e. The highest BCUT2D eigenvalue weighted by molar-refractivity contribution is 9.10. The summed E-state index contributed by atoms with van der Waals surface area (Å²) in [6.07, 6.45) is 7.87. The number of rotatable bonds is 0. The lowest BCUT2D eigenvalue weighted by Gasteiger charge is -2.21. The van der Waals surface area contributed by atoms with Gasteiger partial charge in [0.15, 0.2) is 0 Å². The summed E-state index contributed by atoms with van der Waals surface area (Å²) in [5.74, 6) is 0.756. The summed E-state index contributed by atoms with van der Waals surface area (Å²) in [5, 5.41) is 0. The second-order valence-corrected chi connectivity index (χ2v) is 5.21. The number of benzene rings is 1. The van der Waals surface area contributed by atoms with Crippen LogP contribution in [0.1, 0.15) is 42.7 Å². The molecular weight excluding hydrogens is 236 g/mol. The second kappa shape index (κ2) is 3.23. The van der Waals surface area contributed by atoms with E-state index < -0.39 is 0 Å². The minimum atomic E-state index is 0.756. The third-order valence-electron chi connectivity index (χ3n) is 3.42. The Morgan fingerprint density at radius 3 is 3.07 bits per heavy atom. The summed E-state index contributed by atoms with van der Waals surface area (Å²) in [6, 6.07) is 6.71. The molecule has 0 heterocycles. The van der Waals surface area contributed by atoms with Crippen LogP contribution in [0.3, 0.4) is 0 Å². The minimum Gasteiger partial charge on any atom is -0.0621 e. The van der Waals surface area contributed by atoms with Gasteiger partial charge in [-0.3, -0.25) is 0 Å². The van der Waals surface area contributed by atoms with Gasteiger partial charge in [0.05, 0.1) is 0 Å². The topological polar surface area (TPSA) is 0 Å². The molecule has 0 aliphatic heterocycles. The van der Waals surface area contributed by atoms with Crippen LogP contribution in [0.2, 0.25) is 0 Å². The van der Waals surface area contributed by atoms with E-state index in [4.69, 9.17) is 0 Å². The molecule has 1 aromatic rings. The lowest BCUT2D eigenvalue weighted by molar-refractivity contribution is 0.550. The molecule has 3 rings (SSSR count). The SMILES string of the molecule is Brc1ccc2c(c1)C=C1CCCC[C@@H]12. The van der Waals surface area contributed by atoms with Gasteiger partial charge < -0.3 is 0 Å². The third kappa shape index (κ3) is 1.26. The molecule has 0 N–H and O–H groups in total. The van der Waals surface area contributed by atoms with Gasteiger partial charge in [-0.2, -0.15) is 0 Å². The maximum absolute atomic E-state index is 3.53. The van der Waals surface area contributed by atoms with Gasteiger partial charge >= 0.3 is 0 Å². The van der Waals surface area contributed by atoms with Crippen LogP contribution in [-0.4, -0.2) is 0 Å². The molecule has 0 nitrogen and oxygen atoms in total. The number of hydrogen-bond donors (Lipinski definition) is 0. The van der Waals surface area contributed by atoms with Gasteiger partial charge in [0, 0.05) is 10.4 Å². The molecule has 0 radical (unpaired) electrons. The van der Waals surface area contributed by atoms with Crippen LogP contribution in [0.4, 0.5) is 0 Å². The van der Waals surface area contributed by atoms with Gasteiger partial charge in [-0.25, -0.2) is 0 Å². The van der Waals surface area contributed by atoms with Crippen LogP contribution in [0.5, 0.6) is 0 Å². The van der Waals surface area contributed by atoms with E-state index in [0.29, 0.717) is 0 Å². The van der Waals surface area contributed by atoms with Crippen molar-refractivity contribution >= 4 is 22.0 Å². The molecule has 1 saturated carbocycles. The first-order chi connectivity index (χ1) is 6.84. The molecule has 14 heavy (non-hydrogen) atoms. The minimum absolute atomic E-state index is 0.756. The average Bonchev–Trinajstić information content (AvgIpc) is 2.54. The molecule has 2 aliphatic rings. The summed E-state index contributed by atoms with van der Waals surface area (Å²) in [6.45, 7) is 0. The third-order valence-corrected chi connectivity index (χ3v) is 3.91. The van der Waals surface area contributed by atoms with Crippen LogP contribution < -0.4 is 0 Å². The fraction of sp³-hybridized carbons (Fsp3) is 0.385. The van der Waals surface area contributed by atoms with E-state index in [2.05, 4.69) is 40.2 Å². The van der Waals surface area contributed by atoms with Crippen LogP contribution >= 0.6 is 15.9 Å². The molecule has 0 spiro atoms. The summed E-state index contributed by atoms with van der Waals surface area (Å²) < 4.78 is 1.20. The highest BCUT2D eigenvalue weighted by atomic mass is 79.9. The molecule has 0 unspecified atom stereocenters. The molecule has 0 bridgehead atoms. The Morgan fingerprint density at radius 2 is 2.14 bits per heavy atom. The molecular formula is C13H13Br. The van der Waals surface area contributed by atoms with Crippen molar-refractivity contribution in [2.45, 2.75) is 31.6 Å². The highest BCUT2D eigenvalue weighted by Crippen LogP contribution is 2.45. The van der Waals surface area contributed by atoms with Crippen molar-refractivity contribution in [3.05, 3.63) is 39.4 Å². The van der Waals surface area contributed by atoms with E-state index in [0.717, 1.165) is 5.92 Å². The molecule has 72 valence electrons. The van der Waals surface area contributed by atoms with Gasteiger partial charge in [0.25, 0.3) is 0 Å². The zero-order chi connectivity index (χ0) is 9.54. The van der Waals surface area contributed by atoms with Crippen LogP contribution in [0.15, 0.2) is 28.2 Å². The zero-order valence-electron chi connectivity index (χ0n) is 8.09. The van der Waals surface area contributed by atoms with Gasteiger partial charge in [-0.1, -0.05) is 40.1 Å². The van der Waals surface area contributed by atoms with E-state index in [1.165, 1.54) is 35.7 Å².